The number of oxime groups is 1. The van der Waals surface area contributed by atoms with E-state index in [1.807, 2.05) is 45.0 Å². The molecule has 2 rings (SSSR count). The third-order valence-corrected chi connectivity index (χ3v) is 2.79. The highest BCUT2D eigenvalue weighted by Gasteiger charge is 2.35. The predicted molar refractivity (Wildman–Crippen MR) is 62.2 cm³/mol. The van der Waals surface area contributed by atoms with Crippen LogP contribution in [0.5, 0.6) is 0 Å². The minimum atomic E-state index is -0.484. The van der Waals surface area contributed by atoms with E-state index in [0.717, 1.165) is 11.3 Å². The molecule has 0 saturated heterocycles. The van der Waals surface area contributed by atoms with Crippen LogP contribution in [0.4, 0.5) is 0 Å². The summed E-state index contributed by atoms with van der Waals surface area (Å²) in [6, 6.07) is 8.06. The standard InChI is InChI=1S/C13H15NO2/c1-9-4-6-10(7-5-9)11-8-13(2,3)12(15)16-14-11/h4-7H,8H2,1-3H3. The molecule has 0 atom stereocenters. The number of carbonyl (C=O) groups is 1. The van der Waals surface area contributed by atoms with Crippen LogP contribution in [0, 0.1) is 12.3 Å². The summed E-state index contributed by atoms with van der Waals surface area (Å²) in [4.78, 5) is 16.3. The van der Waals surface area contributed by atoms with Gasteiger partial charge in [0.15, 0.2) is 0 Å². The van der Waals surface area contributed by atoms with Gasteiger partial charge in [-0.15, -0.1) is 0 Å². The summed E-state index contributed by atoms with van der Waals surface area (Å²) in [5.41, 5.74) is 2.58. The lowest BCUT2D eigenvalue weighted by Gasteiger charge is -2.25. The zero-order valence-electron chi connectivity index (χ0n) is 9.78. The first kappa shape index (κ1) is 10.9. The lowest BCUT2D eigenvalue weighted by molar-refractivity contribution is -0.155. The van der Waals surface area contributed by atoms with E-state index in [0.29, 0.717) is 6.42 Å². The Labute approximate surface area is 95.1 Å². The third kappa shape index (κ3) is 1.98. The second-order valence-corrected chi connectivity index (χ2v) is 4.84. The molecule has 0 bridgehead atoms. The van der Waals surface area contributed by atoms with Gasteiger partial charge in [-0.25, -0.2) is 4.79 Å². The van der Waals surface area contributed by atoms with Crippen molar-refractivity contribution in [2.45, 2.75) is 27.2 Å². The van der Waals surface area contributed by atoms with Crippen molar-refractivity contribution >= 4 is 11.7 Å². The Hall–Kier alpha value is -1.64. The fraction of sp³-hybridized carbons (Fsp3) is 0.385. The number of hydrogen-bond donors (Lipinski definition) is 0. The molecule has 0 fully saturated rings. The first-order chi connectivity index (χ1) is 7.49. The van der Waals surface area contributed by atoms with Crippen LogP contribution in [0.1, 0.15) is 31.4 Å². The molecule has 1 aromatic rings. The van der Waals surface area contributed by atoms with E-state index in [1.165, 1.54) is 5.56 Å². The molecular formula is C13H15NO2. The summed E-state index contributed by atoms with van der Waals surface area (Å²) < 4.78 is 0. The van der Waals surface area contributed by atoms with Gasteiger partial charge < -0.3 is 4.84 Å². The van der Waals surface area contributed by atoms with Crippen molar-refractivity contribution in [2.75, 3.05) is 0 Å². The zero-order valence-corrected chi connectivity index (χ0v) is 9.78. The Morgan fingerprint density at radius 2 is 1.88 bits per heavy atom. The van der Waals surface area contributed by atoms with Crippen LogP contribution in [-0.4, -0.2) is 11.7 Å². The van der Waals surface area contributed by atoms with Crippen LogP contribution >= 0.6 is 0 Å². The van der Waals surface area contributed by atoms with Gasteiger partial charge in [-0.3, -0.25) is 0 Å². The molecule has 1 aliphatic heterocycles. The molecule has 0 amide bonds. The van der Waals surface area contributed by atoms with Gasteiger partial charge in [0.2, 0.25) is 0 Å². The van der Waals surface area contributed by atoms with Gasteiger partial charge in [-0.05, 0) is 26.3 Å². The zero-order chi connectivity index (χ0) is 11.8. The topological polar surface area (TPSA) is 38.7 Å². The van der Waals surface area contributed by atoms with Crippen LogP contribution in [0.25, 0.3) is 0 Å². The maximum Gasteiger partial charge on any atom is 0.340 e. The molecule has 0 unspecified atom stereocenters. The quantitative estimate of drug-likeness (QED) is 0.678. The van der Waals surface area contributed by atoms with Crippen molar-refractivity contribution in [1.29, 1.82) is 0 Å². The van der Waals surface area contributed by atoms with Crippen LogP contribution in [0.15, 0.2) is 29.4 Å². The van der Waals surface area contributed by atoms with E-state index in [4.69, 9.17) is 4.84 Å². The van der Waals surface area contributed by atoms with Gasteiger partial charge in [0.05, 0.1) is 11.1 Å². The molecule has 0 aliphatic carbocycles. The molecule has 1 heterocycles. The Balaban J connectivity index is 2.30. The van der Waals surface area contributed by atoms with E-state index in [2.05, 4.69) is 5.16 Å². The van der Waals surface area contributed by atoms with Gasteiger partial charge in [0.1, 0.15) is 0 Å². The normalized spacial score (nSPS) is 18.9. The summed E-state index contributed by atoms with van der Waals surface area (Å²) in [6.07, 6.45) is 0.620. The number of rotatable bonds is 1. The number of aryl methyl sites for hydroxylation is 1. The summed E-state index contributed by atoms with van der Waals surface area (Å²) in [7, 11) is 0. The summed E-state index contributed by atoms with van der Waals surface area (Å²) in [6.45, 7) is 5.78. The fourth-order valence-electron chi connectivity index (χ4n) is 1.64. The first-order valence-corrected chi connectivity index (χ1v) is 5.34. The minimum Gasteiger partial charge on any atom is -0.317 e. The molecule has 0 radical (unpaired) electrons. The molecule has 3 nitrogen and oxygen atoms in total. The Morgan fingerprint density at radius 3 is 2.44 bits per heavy atom. The Morgan fingerprint density at radius 1 is 1.25 bits per heavy atom. The number of nitrogens with zero attached hydrogens (tertiary/aromatic N) is 1. The molecule has 0 spiro atoms. The van der Waals surface area contributed by atoms with Crippen molar-refractivity contribution in [2.24, 2.45) is 10.6 Å². The Kier molecular flexibility index (Phi) is 2.54. The minimum absolute atomic E-state index is 0.261. The second kappa shape index (κ2) is 3.74. The van der Waals surface area contributed by atoms with Crippen molar-refractivity contribution in [3.8, 4) is 0 Å². The van der Waals surface area contributed by atoms with Crippen molar-refractivity contribution in [3.05, 3.63) is 35.4 Å². The number of carbonyl (C=O) groups excluding carboxylic acids is 1. The van der Waals surface area contributed by atoms with Gasteiger partial charge >= 0.3 is 5.97 Å². The van der Waals surface area contributed by atoms with Gasteiger partial charge in [0.25, 0.3) is 0 Å². The molecule has 0 saturated carbocycles. The monoisotopic (exact) mass is 217 g/mol. The molecule has 16 heavy (non-hydrogen) atoms. The molecular weight excluding hydrogens is 202 g/mol. The molecule has 1 aromatic carbocycles. The first-order valence-electron chi connectivity index (χ1n) is 5.34. The summed E-state index contributed by atoms with van der Waals surface area (Å²) in [5, 5.41) is 3.87. The van der Waals surface area contributed by atoms with Gasteiger partial charge in [0, 0.05) is 6.42 Å². The summed E-state index contributed by atoms with van der Waals surface area (Å²) in [5.74, 6) is -0.261. The number of hydrogen-bond acceptors (Lipinski definition) is 3. The van der Waals surface area contributed by atoms with E-state index in [1.54, 1.807) is 0 Å². The van der Waals surface area contributed by atoms with Gasteiger partial charge in [-0.1, -0.05) is 35.0 Å². The molecule has 0 N–H and O–H groups in total. The largest absolute Gasteiger partial charge is 0.340 e. The maximum absolute atomic E-state index is 11.4. The van der Waals surface area contributed by atoms with Crippen LogP contribution in [0.3, 0.4) is 0 Å². The smallest absolute Gasteiger partial charge is 0.317 e. The highest BCUT2D eigenvalue weighted by molar-refractivity contribution is 6.04. The molecule has 0 aromatic heterocycles. The summed E-state index contributed by atoms with van der Waals surface area (Å²) >= 11 is 0. The molecule has 84 valence electrons. The Bertz CT molecular complexity index is 444. The highest BCUT2D eigenvalue weighted by atomic mass is 16.7. The van der Waals surface area contributed by atoms with E-state index >= 15 is 0 Å². The van der Waals surface area contributed by atoms with Crippen LogP contribution in [-0.2, 0) is 9.63 Å². The highest BCUT2D eigenvalue weighted by Crippen LogP contribution is 2.29. The molecule has 3 heteroatoms. The van der Waals surface area contributed by atoms with Crippen LogP contribution < -0.4 is 0 Å². The van der Waals surface area contributed by atoms with Crippen molar-refractivity contribution in [1.82, 2.24) is 0 Å². The van der Waals surface area contributed by atoms with E-state index in [9.17, 15) is 4.79 Å². The van der Waals surface area contributed by atoms with Crippen molar-refractivity contribution in [3.63, 3.8) is 0 Å². The second-order valence-electron chi connectivity index (χ2n) is 4.84. The maximum atomic E-state index is 11.4. The van der Waals surface area contributed by atoms with E-state index in [-0.39, 0.29) is 5.97 Å². The average Bonchev–Trinajstić information content (AvgIpc) is 2.23. The SMILES string of the molecule is Cc1ccc(C2=NOC(=O)C(C)(C)C2)cc1. The van der Waals surface area contributed by atoms with Gasteiger partial charge in [-0.2, -0.15) is 0 Å². The predicted octanol–water partition coefficient (Wildman–Crippen LogP) is 2.67. The molecule has 1 aliphatic rings. The van der Waals surface area contributed by atoms with Crippen LogP contribution in [0.2, 0.25) is 0 Å². The lowest BCUT2D eigenvalue weighted by Crippen LogP contribution is -2.32. The van der Waals surface area contributed by atoms with E-state index < -0.39 is 5.41 Å². The van der Waals surface area contributed by atoms with Crippen molar-refractivity contribution < 1.29 is 9.63 Å². The average molecular weight is 217 g/mol. The lowest BCUT2D eigenvalue weighted by atomic mass is 9.84. The number of benzene rings is 1. The fourth-order valence-corrected chi connectivity index (χ4v) is 1.64. The third-order valence-electron chi connectivity index (χ3n) is 2.79.